The predicted octanol–water partition coefficient (Wildman–Crippen LogP) is 3.99. The number of nitrogens with one attached hydrogen (secondary N) is 1. The largest absolute Gasteiger partial charge is 0.497 e. The van der Waals surface area contributed by atoms with Crippen LogP contribution in [0.4, 0.5) is 0 Å². The van der Waals surface area contributed by atoms with Crippen LogP contribution in [0.15, 0.2) is 42.5 Å². The first-order valence-corrected chi connectivity index (χ1v) is 7.15. The molecule has 2 nitrogen and oxygen atoms in total. The highest BCUT2D eigenvalue weighted by atomic mass is 35.5. The maximum atomic E-state index is 6.20. The van der Waals surface area contributed by atoms with Gasteiger partial charge in [0.2, 0.25) is 0 Å². The number of rotatable bonds is 6. The first-order valence-electron chi connectivity index (χ1n) is 6.77. The lowest BCUT2D eigenvalue weighted by molar-refractivity contribution is 0.414. The second-order valence-electron chi connectivity index (χ2n) is 4.87. The van der Waals surface area contributed by atoms with Crippen LogP contribution in [0.3, 0.4) is 0 Å². The van der Waals surface area contributed by atoms with Gasteiger partial charge in [-0.05, 0) is 54.8 Å². The van der Waals surface area contributed by atoms with Gasteiger partial charge in [-0.3, -0.25) is 0 Å². The maximum absolute atomic E-state index is 6.20. The van der Waals surface area contributed by atoms with Gasteiger partial charge in [-0.15, -0.1) is 0 Å². The quantitative estimate of drug-likeness (QED) is 0.812. The third-order valence-corrected chi connectivity index (χ3v) is 3.63. The van der Waals surface area contributed by atoms with Crippen molar-refractivity contribution >= 4 is 11.6 Å². The zero-order valence-electron chi connectivity index (χ0n) is 11.9. The molecule has 0 bridgehead atoms. The third kappa shape index (κ3) is 4.26. The lowest BCUT2D eigenvalue weighted by Crippen LogP contribution is -2.16. The van der Waals surface area contributed by atoms with E-state index in [1.807, 2.05) is 25.1 Å². The van der Waals surface area contributed by atoms with Crippen molar-refractivity contribution in [2.24, 2.45) is 0 Å². The molecule has 2 rings (SSSR count). The molecule has 0 unspecified atom stereocenters. The molecule has 0 aliphatic carbocycles. The average Bonchev–Trinajstić information content (AvgIpc) is 2.46. The molecular formula is C17H20ClNO. The van der Waals surface area contributed by atoms with E-state index in [1.54, 1.807) is 7.11 Å². The SMILES string of the molecule is COc1ccc(CCNCc2ccc(C)cc2Cl)cc1. The molecule has 0 radical (unpaired) electrons. The van der Waals surface area contributed by atoms with Crippen molar-refractivity contribution in [3.63, 3.8) is 0 Å². The molecule has 0 fully saturated rings. The Kier molecular flexibility index (Phi) is 5.45. The summed E-state index contributed by atoms with van der Waals surface area (Å²) in [5.41, 5.74) is 3.64. The van der Waals surface area contributed by atoms with Crippen molar-refractivity contribution in [1.29, 1.82) is 0 Å². The van der Waals surface area contributed by atoms with Gasteiger partial charge in [0.25, 0.3) is 0 Å². The Morgan fingerprint density at radius 3 is 2.50 bits per heavy atom. The Hall–Kier alpha value is -1.51. The fourth-order valence-electron chi connectivity index (χ4n) is 2.04. The maximum Gasteiger partial charge on any atom is 0.118 e. The zero-order valence-corrected chi connectivity index (χ0v) is 12.7. The van der Waals surface area contributed by atoms with Crippen LogP contribution >= 0.6 is 11.6 Å². The van der Waals surface area contributed by atoms with E-state index in [1.165, 1.54) is 11.1 Å². The lowest BCUT2D eigenvalue weighted by Gasteiger charge is -2.08. The molecule has 0 spiro atoms. The normalized spacial score (nSPS) is 10.6. The molecule has 0 saturated carbocycles. The molecule has 106 valence electrons. The summed E-state index contributed by atoms with van der Waals surface area (Å²) in [7, 11) is 1.68. The number of benzene rings is 2. The summed E-state index contributed by atoms with van der Waals surface area (Å²) in [6.07, 6.45) is 0.994. The Labute approximate surface area is 125 Å². The molecule has 0 aromatic heterocycles. The predicted molar refractivity (Wildman–Crippen MR) is 84.6 cm³/mol. The van der Waals surface area contributed by atoms with Crippen LogP contribution in [0, 0.1) is 6.92 Å². The van der Waals surface area contributed by atoms with Gasteiger partial charge in [-0.25, -0.2) is 0 Å². The van der Waals surface area contributed by atoms with E-state index in [0.717, 1.165) is 35.8 Å². The van der Waals surface area contributed by atoms with Crippen molar-refractivity contribution in [2.45, 2.75) is 19.9 Å². The van der Waals surface area contributed by atoms with Crippen LogP contribution in [-0.2, 0) is 13.0 Å². The Bertz CT molecular complexity index is 551. The summed E-state index contributed by atoms with van der Waals surface area (Å²) in [6.45, 7) is 3.78. The van der Waals surface area contributed by atoms with Crippen LogP contribution in [-0.4, -0.2) is 13.7 Å². The molecule has 0 aliphatic heterocycles. The van der Waals surface area contributed by atoms with Crippen LogP contribution in [0.2, 0.25) is 5.02 Å². The smallest absolute Gasteiger partial charge is 0.118 e. The average molecular weight is 290 g/mol. The summed E-state index contributed by atoms with van der Waals surface area (Å²) in [5, 5.41) is 4.26. The number of hydrogen-bond donors (Lipinski definition) is 1. The van der Waals surface area contributed by atoms with Gasteiger partial charge >= 0.3 is 0 Å². The minimum Gasteiger partial charge on any atom is -0.497 e. The fraction of sp³-hybridized carbons (Fsp3) is 0.294. The second-order valence-corrected chi connectivity index (χ2v) is 5.28. The van der Waals surface area contributed by atoms with Crippen LogP contribution in [0.5, 0.6) is 5.75 Å². The highest BCUT2D eigenvalue weighted by molar-refractivity contribution is 6.31. The van der Waals surface area contributed by atoms with Gasteiger partial charge in [-0.2, -0.15) is 0 Å². The van der Waals surface area contributed by atoms with Gasteiger partial charge in [-0.1, -0.05) is 35.9 Å². The Balaban J connectivity index is 1.78. The van der Waals surface area contributed by atoms with E-state index in [-0.39, 0.29) is 0 Å². The Morgan fingerprint density at radius 1 is 1.10 bits per heavy atom. The lowest BCUT2D eigenvalue weighted by atomic mass is 10.1. The molecule has 1 N–H and O–H groups in total. The van der Waals surface area contributed by atoms with Crippen LogP contribution in [0.1, 0.15) is 16.7 Å². The van der Waals surface area contributed by atoms with Gasteiger partial charge in [0.05, 0.1) is 7.11 Å². The minimum absolute atomic E-state index is 0.801. The van der Waals surface area contributed by atoms with Crippen molar-refractivity contribution < 1.29 is 4.74 Å². The first kappa shape index (κ1) is 14.9. The zero-order chi connectivity index (χ0) is 14.4. The van der Waals surface area contributed by atoms with E-state index in [9.17, 15) is 0 Å². The van der Waals surface area contributed by atoms with Crippen molar-refractivity contribution in [3.05, 3.63) is 64.2 Å². The summed E-state index contributed by atoms with van der Waals surface area (Å²) < 4.78 is 5.15. The number of halogens is 1. The number of ether oxygens (including phenoxy) is 1. The van der Waals surface area contributed by atoms with Gasteiger partial charge in [0.1, 0.15) is 5.75 Å². The highest BCUT2D eigenvalue weighted by Crippen LogP contribution is 2.17. The first-order chi connectivity index (χ1) is 9.69. The molecule has 3 heteroatoms. The van der Waals surface area contributed by atoms with Crippen molar-refractivity contribution in [3.8, 4) is 5.75 Å². The van der Waals surface area contributed by atoms with E-state index in [0.29, 0.717) is 0 Å². The van der Waals surface area contributed by atoms with Gasteiger partial charge in [0, 0.05) is 11.6 Å². The fourth-order valence-corrected chi connectivity index (χ4v) is 2.35. The van der Waals surface area contributed by atoms with Crippen molar-refractivity contribution in [2.75, 3.05) is 13.7 Å². The molecule has 0 amide bonds. The van der Waals surface area contributed by atoms with E-state index >= 15 is 0 Å². The van der Waals surface area contributed by atoms with Crippen molar-refractivity contribution in [1.82, 2.24) is 5.32 Å². The molecule has 0 heterocycles. The molecule has 0 atom stereocenters. The molecule has 20 heavy (non-hydrogen) atoms. The van der Waals surface area contributed by atoms with E-state index < -0.39 is 0 Å². The molecule has 0 saturated heterocycles. The molecule has 0 aliphatic rings. The minimum atomic E-state index is 0.801. The molecule has 2 aromatic rings. The number of aryl methyl sites for hydroxylation is 1. The van der Waals surface area contributed by atoms with Crippen LogP contribution in [0.25, 0.3) is 0 Å². The van der Waals surface area contributed by atoms with E-state index in [2.05, 4.69) is 29.6 Å². The summed E-state index contributed by atoms with van der Waals surface area (Å²) >= 11 is 6.20. The summed E-state index contributed by atoms with van der Waals surface area (Å²) in [6, 6.07) is 14.4. The van der Waals surface area contributed by atoms with Gasteiger partial charge < -0.3 is 10.1 Å². The summed E-state index contributed by atoms with van der Waals surface area (Å²) in [4.78, 5) is 0. The van der Waals surface area contributed by atoms with Crippen LogP contribution < -0.4 is 10.1 Å². The highest BCUT2D eigenvalue weighted by Gasteiger charge is 2.00. The van der Waals surface area contributed by atoms with Gasteiger partial charge in [0.15, 0.2) is 0 Å². The standard InChI is InChI=1S/C17H20ClNO/c1-13-3-6-15(17(18)11-13)12-19-10-9-14-4-7-16(20-2)8-5-14/h3-8,11,19H,9-10,12H2,1-2H3. The summed E-state index contributed by atoms with van der Waals surface area (Å²) in [5.74, 6) is 0.896. The second kappa shape index (κ2) is 7.32. The number of methoxy groups -OCH3 is 1. The Morgan fingerprint density at radius 2 is 1.85 bits per heavy atom. The van der Waals surface area contributed by atoms with E-state index in [4.69, 9.17) is 16.3 Å². The topological polar surface area (TPSA) is 21.3 Å². The molecular weight excluding hydrogens is 270 g/mol. The monoisotopic (exact) mass is 289 g/mol. The molecule has 2 aromatic carbocycles. The third-order valence-electron chi connectivity index (χ3n) is 3.27. The number of hydrogen-bond acceptors (Lipinski definition) is 2.